The van der Waals surface area contributed by atoms with Crippen molar-refractivity contribution in [1.82, 2.24) is 23.4 Å². The number of nitrogens with zero attached hydrogens (tertiary/aromatic N) is 4. The number of carbonyl (C=O) groups is 1. The topological polar surface area (TPSA) is 128 Å². The van der Waals surface area contributed by atoms with Crippen LogP contribution in [0.3, 0.4) is 0 Å². The molecule has 3 heterocycles. The van der Waals surface area contributed by atoms with Crippen molar-refractivity contribution in [3.05, 3.63) is 57.7 Å². The number of aromatic nitrogens is 4. The molecule has 1 saturated carbocycles. The first-order valence-corrected chi connectivity index (χ1v) is 13.3. The average Bonchev–Trinajstić information content (AvgIpc) is 3.29. The molecule has 0 radical (unpaired) electrons. The number of nitrogens with one attached hydrogen (secondary N) is 1. The van der Waals surface area contributed by atoms with E-state index >= 15 is 0 Å². The van der Waals surface area contributed by atoms with Gasteiger partial charge in [-0.15, -0.1) is 0 Å². The maximum atomic E-state index is 13.4. The molecule has 10 nitrogen and oxygen atoms in total. The van der Waals surface area contributed by atoms with Crippen molar-refractivity contribution in [2.24, 2.45) is 7.05 Å². The molecule has 5 rings (SSSR count). The Hall–Kier alpha value is -3.12. The van der Waals surface area contributed by atoms with Crippen LogP contribution in [0.25, 0.3) is 22.1 Å². The summed E-state index contributed by atoms with van der Waals surface area (Å²) in [5, 5.41) is 12.3. The monoisotopic (exact) mass is 561 g/mol. The van der Waals surface area contributed by atoms with Gasteiger partial charge < -0.3 is 10.4 Å². The zero-order chi connectivity index (χ0) is 25.1. The van der Waals surface area contributed by atoms with E-state index in [2.05, 4.69) is 26.2 Å². The molecule has 3 aromatic heterocycles. The summed E-state index contributed by atoms with van der Waals surface area (Å²) < 4.78 is 31.7. The lowest BCUT2D eigenvalue weighted by Crippen LogP contribution is -2.48. The van der Waals surface area contributed by atoms with Crippen molar-refractivity contribution in [2.45, 2.75) is 49.1 Å². The van der Waals surface area contributed by atoms with Crippen LogP contribution in [-0.2, 0) is 17.1 Å². The van der Waals surface area contributed by atoms with Gasteiger partial charge in [-0.05, 0) is 60.7 Å². The summed E-state index contributed by atoms with van der Waals surface area (Å²) in [5.74, 6) is 0. The van der Waals surface area contributed by atoms with Gasteiger partial charge in [-0.25, -0.2) is 27.0 Å². The summed E-state index contributed by atoms with van der Waals surface area (Å²) in [4.78, 5) is 29.1. The minimum atomic E-state index is -3.92. The summed E-state index contributed by atoms with van der Waals surface area (Å²) in [7, 11) is -2.25. The second-order valence-corrected chi connectivity index (χ2v) is 11.9. The van der Waals surface area contributed by atoms with Crippen LogP contribution in [-0.4, -0.2) is 43.2 Å². The fourth-order valence-corrected chi connectivity index (χ4v) is 7.10. The standard InChI is InChI=1S/C23H24BrN5O5S/c1-23(26-21(30)31)10-8-14(9-11-23)29-19-17(27(2)22(29)32)12-25-20-18(19)16(24)13-28(20)35(33,34)15-6-4-3-5-7-15/h3-7,12-14,26H,8-11H2,1-2H3,(H,30,31). The molecule has 4 aromatic rings. The number of halogens is 1. The van der Waals surface area contributed by atoms with Gasteiger partial charge in [0.2, 0.25) is 0 Å². The van der Waals surface area contributed by atoms with Gasteiger partial charge in [-0.1, -0.05) is 18.2 Å². The molecule has 184 valence electrons. The molecule has 12 heteroatoms. The van der Waals surface area contributed by atoms with Crippen molar-refractivity contribution < 1.29 is 18.3 Å². The second kappa shape index (κ2) is 8.23. The van der Waals surface area contributed by atoms with E-state index in [0.29, 0.717) is 46.6 Å². The van der Waals surface area contributed by atoms with Crippen LogP contribution in [0.15, 0.2) is 56.9 Å². The van der Waals surface area contributed by atoms with E-state index in [1.54, 1.807) is 29.8 Å². The molecule has 0 bridgehead atoms. The molecule has 35 heavy (non-hydrogen) atoms. The van der Waals surface area contributed by atoms with Gasteiger partial charge in [0.15, 0.2) is 5.65 Å². The van der Waals surface area contributed by atoms with Gasteiger partial charge in [-0.3, -0.25) is 9.13 Å². The van der Waals surface area contributed by atoms with Gasteiger partial charge in [0.05, 0.1) is 27.5 Å². The molecule has 2 N–H and O–H groups in total. The minimum absolute atomic E-state index is 0.134. The predicted octanol–water partition coefficient (Wildman–Crippen LogP) is 3.83. The molecule has 1 fully saturated rings. The molecular formula is C23H24BrN5O5S. The molecule has 0 aliphatic heterocycles. The number of amides is 1. The SMILES string of the molecule is Cn1c(=O)n(C2CCC(C)(NC(=O)O)CC2)c2c3c(Br)cn(S(=O)(=O)c4ccccc4)c3ncc21. The Morgan fingerprint density at radius 2 is 1.89 bits per heavy atom. The first kappa shape index (κ1) is 23.6. The van der Waals surface area contributed by atoms with Gasteiger partial charge in [0.1, 0.15) is 0 Å². The van der Waals surface area contributed by atoms with Crippen LogP contribution in [0.2, 0.25) is 0 Å². The van der Waals surface area contributed by atoms with E-state index in [-0.39, 0.29) is 22.3 Å². The van der Waals surface area contributed by atoms with E-state index < -0.39 is 21.7 Å². The zero-order valence-electron chi connectivity index (χ0n) is 19.1. The fourth-order valence-electron chi connectivity index (χ4n) is 5.06. The second-order valence-electron chi connectivity index (χ2n) is 9.22. The molecule has 1 aliphatic carbocycles. The summed E-state index contributed by atoms with van der Waals surface area (Å²) >= 11 is 3.52. The number of imidazole rings is 1. The lowest BCUT2D eigenvalue weighted by atomic mass is 9.80. The molecule has 1 aliphatic rings. The summed E-state index contributed by atoms with van der Waals surface area (Å²) in [6, 6.07) is 7.94. The Labute approximate surface area is 209 Å². The van der Waals surface area contributed by atoms with E-state index in [9.17, 15) is 18.0 Å². The molecule has 0 atom stereocenters. The number of hydrogen-bond acceptors (Lipinski definition) is 5. The predicted molar refractivity (Wildman–Crippen MR) is 134 cm³/mol. The van der Waals surface area contributed by atoms with Crippen LogP contribution in [0.5, 0.6) is 0 Å². The smallest absolute Gasteiger partial charge is 0.405 e. The van der Waals surface area contributed by atoms with E-state index in [1.165, 1.54) is 29.1 Å². The summed E-state index contributed by atoms with van der Waals surface area (Å²) in [6.45, 7) is 1.87. The van der Waals surface area contributed by atoms with Crippen molar-refractivity contribution in [3.63, 3.8) is 0 Å². The van der Waals surface area contributed by atoms with Gasteiger partial charge in [-0.2, -0.15) is 0 Å². The van der Waals surface area contributed by atoms with Crippen molar-refractivity contribution in [1.29, 1.82) is 0 Å². The normalized spacial score (nSPS) is 20.9. The first-order valence-electron chi connectivity index (χ1n) is 11.1. The van der Waals surface area contributed by atoms with E-state index in [4.69, 9.17) is 5.11 Å². The Bertz CT molecular complexity index is 1630. The molecule has 1 amide bonds. The number of hydrogen-bond donors (Lipinski definition) is 2. The third-order valence-electron chi connectivity index (χ3n) is 6.92. The lowest BCUT2D eigenvalue weighted by Gasteiger charge is -2.37. The summed E-state index contributed by atoms with van der Waals surface area (Å²) in [6.07, 6.45) is 4.27. The fraction of sp³-hybridized carbons (Fsp3) is 0.348. The van der Waals surface area contributed by atoms with Gasteiger partial charge in [0, 0.05) is 29.3 Å². The zero-order valence-corrected chi connectivity index (χ0v) is 21.5. The van der Waals surface area contributed by atoms with Crippen LogP contribution in [0.4, 0.5) is 4.79 Å². The van der Waals surface area contributed by atoms with Crippen LogP contribution in [0.1, 0.15) is 38.6 Å². The third kappa shape index (κ3) is 3.75. The molecule has 0 unspecified atom stereocenters. The Morgan fingerprint density at radius 1 is 1.23 bits per heavy atom. The summed E-state index contributed by atoms with van der Waals surface area (Å²) in [5.41, 5.74) is 0.646. The van der Waals surface area contributed by atoms with Crippen LogP contribution < -0.4 is 11.0 Å². The van der Waals surface area contributed by atoms with Crippen LogP contribution in [0, 0.1) is 0 Å². The maximum Gasteiger partial charge on any atom is 0.405 e. The highest BCUT2D eigenvalue weighted by molar-refractivity contribution is 9.10. The lowest BCUT2D eigenvalue weighted by molar-refractivity contribution is 0.158. The molecular weight excluding hydrogens is 538 g/mol. The Balaban J connectivity index is 1.68. The highest BCUT2D eigenvalue weighted by Crippen LogP contribution is 2.39. The van der Waals surface area contributed by atoms with E-state index in [1.807, 2.05) is 6.92 Å². The quantitative estimate of drug-likeness (QED) is 0.389. The number of pyridine rings is 1. The minimum Gasteiger partial charge on any atom is -0.465 e. The average molecular weight is 562 g/mol. The molecule has 1 aromatic carbocycles. The number of aryl methyl sites for hydroxylation is 1. The van der Waals surface area contributed by atoms with Crippen molar-refractivity contribution in [2.75, 3.05) is 0 Å². The first-order chi connectivity index (χ1) is 16.5. The van der Waals surface area contributed by atoms with Gasteiger partial charge in [0.25, 0.3) is 10.0 Å². The van der Waals surface area contributed by atoms with E-state index in [0.717, 1.165) is 3.97 Å². The number of rotatable bonds is 4. The number of fused-ring (bicyclic) bond motifs is 3. The molecule has 0 spiro atoms. The molecule has 0 saturated heterocycles. The van der Waals surface area contributed by atoms with Crippen LogP contribution >= 0.6 is 15.9 Å². The van der Waals surface area contributed by atoms with Crippen molar-refractivity contribution in [3.8, 4) is 0 Å². The van der Waals surface area contributed by atoms with Crippen molar-refractivity contribution >= 4 is 54.1 Å². The largest absolute Gasteiger partial charge is 0.465 e. The number of benzene rings is 1. The number of carboxylic acid groups (broad SMARTS) is 1. The third-order valence-corrected chi connectivity index (χ3v) is 9.18. The highest BCUT2D eigenvalue weighted by Gasteiger charge is 2.35. The Morgan fingerprint density at radius 3 is 2.51 bits per heavy atom. The Kier molecular flexibility index (Phi) is 5.55. The highest BCUT2D eigenvalue weighted by atomic mass is 79.9. The van der Waals surface area contributed by atoms with Gasteiger partial charge >= 0.3 is 11.8 Å². The maximum absolute atomic E-state index is 13.4.